The van der Waals surface area contributed by atoms with Gasteiger partial charge in [0.2, 0.25) is 17.8 Å². The van der Waals surface area contributed by atoms with Gasteiger partial charge in [0.15, 0.2) is 0 Å². The normalized spacial score (nSPS) is 13.3. The van der Waals surface area contributed by atoms with Gasteiger partial charge in [0.25, 0.3) is 0 Å². The summed E-state index contributed by atoms with van der Waals surface area (Å²) in [5.74, 6) is 2.60. The van der Waals surface area contributed by atoms with Gasteiger partial charge < -0.3 is 24.4 Å². The van der Waals surface area contributed by atoms with Gasteiger partial charge >= 0.3 is 0 Å². The first-order valence-corrected chi connectivity index (χ1v) is 11.5. The van der Waals surface area contributed by atoms with E-state index in [1.54, 1.807) is 26.5 Å². The molecule has 1 aromatic heterocycles. The van der Waals surface area contributed by atoms with E-state index in [4.69, 9.17) is 14.2 Å². The summed E-state index contributed by atoms with van der Waals surface area (Å²) in [7, 11) is 3.21. The predicted octanol–water partition coefficient (Wildman–Crippen LogP) is 4.41. The molecule has 10 nitrogen and oxygen atoms in total. The lowest BCUT2D eigenvalue weighted by Crippen LogP contribution is -2.37. The van der Waals surface area contributed by atoms with Crippen molar-refractivity contribution >= 4 is 58.1 Å². The van der Waals surface area contributed by atoms with Gasteiger partial charge in [-0.2, -0.15) is 20.1 Å². The Hall–Kier alpha value is -3.15. The molecule has 0 spiro atoms. The third-order valence-electron chi connectivity index (χ3n) is 5.10. The van der Waals surface area contributed by atoms with E-state index in [-0.39, 0.29) is 12.4 Å². The zero-order valence-electron chi connectivity index (χ0n) is 19.6. The van der Waals surface area contributed by atoms with E-state index in [1.165, 1.54) is 0 Å². The molecule has 3 aromatic rings. The van der Waals surface area contributed by atoms with Gasteiger partial charge in [0, 0.05) is 29.2 Å². The molecule has 2 N–H and O–H groups in total. The molecular formula is C23H27BrClN7O3. The van der Waals surface area contributed by atoms with Crippen LogP contribution in [0.2, 0.25) is 0 Å². The number of nitrogens with zero attached hydrogens (tertiary/aromatic N) is 5. The van der Waals surface area contributed by atoms with E-state index < -0.39 is 0 Å². The highest BCUT2D eigenvalue weighted by molar-refractivity contribution is 9.10. The summed E-state index contributed by atoms with van der Waals surface area (Å²) < 4.78 is 17.0. The second kappa shape index (κ2) is 12.5. The SMILES string of the molecule is COc1ccc(C=NNc2nc(Nc3ccc(C)cc3Br)nc(N3CCOCC3)n2)c(OC)c1.Cl. The van der Waals surface area contributed by atoms with Crippen molar-refractivity contribution in [1.29, 1.82) is 0 Å². The minimum Gasteiger partial charge on any atom is -0.497 e. The Morgan fingerprint density at radius 3 is 2.51 bits per heavy atom. The van der Waals surface area contributed by atoms with Crippen LogP contribution in [0.15, 0.2) is 46.0 Å². The van der Waals surface area contributed by atoms with Crippen LogP contribution in [0.4, 0.5) is 23.5 Å². The maximum atomic E-state index is 5.46. The van der Waals surface area contributed by atoms with Crippen molar-refractivity contribution in [2.45, 2.75) is 6.92 Å². The molecule has 1 saturated heterocycles. The average Bonchev–Trinajstić information content (AvgIpc) is 2.86. The number of aryl methyl sites for hydroxylation is 1. The second-order valence-corrected chi connectivity index (χ2v) is 8.32. The second-order valence-electron chi connectivity index (χ2n) is 7.47. The van der Waals surface area contributed by atoms with E-state index >= 15 is 0 Å². The fourth-order valence-corrected chi connectivity index (χ4v) is 3.89. The number of hydrogen-bond donors (Lipinski definition) is 2. The lowest BCUT2D eigenvalue weighted by atomic mass is 10.2. The predicted molar refractivity (Wildman–Crippen MR) is 143 cm³/mol. The van der Waals surface area contributed by atoms with Crippen molar-refractivity contribution in [2.24, 2.45) is 5.10 Å². The van der Waals surface area contributed by atoms with Crippen LogP contribution >= 0.6 is 28.3 Å². The summed E-state index contributed by atoms with van der Waals surface area (Å²) >= 11 is 3.59. The monoisotopic (exact) mass is 563 g/mol. The first-order valence-electron chi connectivity index (χ1n) is 10.7. The molecule has 0 unspecified atom stereocenters. The van der Waals surface area contributed by atoms with E-state index in [9.17, 15) is 0 Å². The molecular weight excluding hydrogens is 538 g/mol. The van der Waals surface area contributed by atoms with E-state index in [0.29, 0.717) is 55.6 Å². The summed E-state index contributed by atoms with van der Waals surface area (Å²) in [6.45, 7) is 4.67. The molecule has 1 aliphatic rings. The van der Waals surface area contributed by atoms with Crippen LogP contribution in [0.1, 0.15) is 11.1 Å². The fraction of sp³-hybridized carbons (Fsp3) is 0.304. The number of halogens is 2. The number of nitrogens with one attached hydrogen (secondary N) is 2. The van der Waals surface area contributed by atoms with Gasteiger partial charge in [-0.15, -0.1) is 12.4 Å². The van der Waals surface area contributed by atoms with Gasteiger partial charge in [-0.3, -0.25) is 0 Å². The summed E-state index contributed by atoms with van der Waals surface area (Å²) in [4.78, 5) is 15.7. The molecule has 4 rings (SSSR count). The zero-order valence-corrected chi connectivity index (χ0v) is 22.0. The Kier molecular flexibility index (Phi) is 9.47. The van der Waals surface area contributed by atoms with E-state index in [2.05, 4.69) is 51.6 Å². The summed E-state index contributed by atoms with van der Waals surface area (Å²) in [5, 5.41) is 7.58. The van der Waals surface area contributed by atoms with E-state index in [1.807, 2.05) is 37.3 Å². The van der Waals surface area contributed by atoms with Crippen LogP contribution in [0.5, 0.6) is 11.5 Å². The Bertz CT molecular complexity index is 1180. The molecule has 1 fully saturated rings. The zero-order chi connectivity index (χ0) is 23.9. The molecule has 1 aliphatic heterocycles. The molecule has 0 saturated carbocycles. The van der Waals surface area contributed by atoms with Crippen molar-refractivity contribution in [3.63, 3.8) is 0 Å². The van der Waals surface area contributed by atoms with Crippen LogP contribution in [0.3, 0.4) is 0 Å². The van der Waals surface area contributed by atoms with Crippen molar-refractivity contribution in [1.82, 2.24) is 15.0 Å². The molecule has 186 valence electrons. The smallest absolute Gasteiger partial charge is 0.250 e. The lowest BCUT2D eigenvalue weighted by molar-refractivity contribution is 0.122. The molecule has 2 aromatic carbocycles. The number of rotatable bonds is 8. The number of aromatic nitrogens is 3. The highest BCUT2D eigenvalue weighted by Gasteiger charge is 2.17. The van der Waals surface area contributed by atoms with Gasteiger partial charge in [0.05, 0.1) is 39.3 Å². The maximum Gasteiger partial charge on any atom is 0.250 e. The van der Waals surface area contributed by atoms with Crippen LogP contribution < -0.4 is 25.1 Å². The van der Waals surface area contributed by atoms with Crippen LogP contribution in [-0.2, 0) is 4.74 Å². The number of methoxy groups -OCH3 is 2. The highest BCUT2D eigenvalue weighted by atomic mass is 79.9. The van der Waals surface area contributed by atoms with Crippen molar-refractivity contribution < 1.29 is 14.2 Å². The molecule has 2 heterocycles. The first kappa shape index (κ1) is 26.5. The molecule has 35 heavy (non-hydrogen) atoms. The summed E-state index contributed by atoms with van der Waals surface area (Å²) in [5.41, 5.74) is 5.69. The fourth-order valence-electron chi connectivity index (χ4n) is 3.30. The Morgan fingerprint density at radius 1 is 1.03 bits per heavy atom. The van der Waals surface area contributed by atoms with Gasteiger partial charge in [0.1, 0.15) is 11.5 Å². The van der Waals surface area contributed by atoms with Gasteiger partial charge in [-0.05, 0) is 52.7 Å². The molecule has 12 heteroatoms. The standard InChI is InChI=1S/C23H26BrN7O3.ClH/c1-15-4-7-19(18(24)12-15)26-21-27-22(29-23(28-21)31-8-10-34-11-9-31)30-25-14-16-5-6-17(32-2)13-20(16)33-3;/h4-7,12-14H,8-11H2,1-3H3,(H2,26,27,28,29,30);1H. The Balaban J connectivity index is 0.00000342. The largest absolute Gasteiger partial charge is 0.497 e. The van der Waals surface area contributed by atoms with Crippen LogP contribution in [0.25, 0.3) is 0 Å². The van der Waals surface area contributed by atoms with Crippen molar-refractivity contribution in [2.75, 3.05) is 56.2 Å². The Morgan fingerprint density at radius 2 is 1.80 bits per heavy atom. The third-order valence-corrected chi connectivity index (χ3v) is 5.75. The number of benzene rings is 2. The quantitative estimate of drug-likeness (QED) is 0.304. The minimum absolute atomic E-state index is 0. The summed E-state index contributed by atoms with van der Waals surface area (Å²) in [6.07, 6.45) is 1.64. The topological polar surface area (TPSA) is 106 Å². The number of anilines is 4. The first-order chi connectivity index (χ1) is 16.6. The lowest BCUT2D eigenvalue weighted by Gasteiger charge is -2.27. The summed E-state index contributed by atoms with van der Waals surface area (Å²) in [6, 6.07) is 11.5. The van der Waals surface area contributed by atoms with Gasteiger partial charge in [-0.25, -0.2) is 5.43 Å². The Labute approximate surface area is 218 Å². The molecule has 0 bridgehead atoms. The molecule has 0 amide bonds. The van der Waals surface area contributed by atoms with Crippen LogP contribution in [-0.4, -0.2) is 61.7 Å². The third kappa shape index (κ3) is 6.93. The number of ether oxygens (including phenoxy) is 3. The number of hydrogen-bond acceptors (Lipinski definition) is 10. The molecule has 0 atom stereocenters. The van der Waals surface area contributed by atoms with Gasteiger partial charge in [-0.1, -0.05) is 6.07 Å². The minimum atomic E-state index is 0. The maximum absolute atomic E-state index is 5.46. The van der Waals surface area contributed by atoms with Crippen LogP contribution in [0, 0.1) is 6.92 Å². The van der Waals surface area contributed by atoms with Crippen molar-refractivity contribution in [3.8, 4) is 11.5 Å². The van der Waals surface area contributed by atoms with E-state index in [0.717, 1.165) is 21.3 Å². The highest BCUT2D eigenvalue weighted by Crippen LogP contribution is 2.27. The molecule has 0 aliphatic carbocycles. The molecule has 0 radical (unpaired) electrons. The number of morpholine rings is 1. The average molecular weight is 565 g/mol. The van der Waals surface area contributed by atoms with Crippen molar-refractivity contribution in [3.05, 3.63) is 52.0 Å². The number of hydrazone groups is 1.